The molecule has 0 fully saturated rings. The van der Waals surface area contributed by atoms with Crippen LogP contribution < -0.4 is 5.46 Å². The first kappa shape index (κ1) is 13.2. The molecule has 0 heterocycles. The lowest BCUT2D eigenvalue weighted by Gasteiger charge is -2.09. The Morgan fingerprint density at radius 2 is 1.88 bits per heavy atom. The van der Waals surface area contributed by atoms with E-state index in [2.05, 4.69) is 13.8 Å². The second-order valence-electron chi connectivity index (χ2n) is 4.12. The zero-order valence-electron chi connectivity index (χ0n) is 9.89. The van der Waals surface area contributed by atoms with Gasteiger partial charge in [0, 0.05) is 13.2 Å². The maximum atomic E-state index is 9.67. The molecule has 2 N–H and O–H groups in total. The number of aliphatic hydroxyl groups excluding tert-OH is 1. The Morgan fingerprint density at radius 3 is 2.38 bits per heavy atom. The van der Waals surface area contributed by atoms with Gasteiger partial charge in [0.1, 0.15) is 0 Å². The highest BCUT2D eigenvalue weighted by atomic mass is 16.5. The minimum Gasteiger partial charge on any atom is -0.423 e. The summed E-state index contributed by atoms with van der Waals surface area (Å²) in [4.78, 5) is 0. The Kier molecular flexibility index (Phi) is 5.53. The predicted molar refractivity (Wildman–Crippen MR) is 65.8 cm³/mol. The molecule has 4 heteroatoms. The molecule has 16 heavy (non-hydrogen) atoms. The van der Waals surface area contributed by atoms with Crippen molar-refractivity contribution in [1.29, 1.82) is 0 Å². The van der Waals surface area contributed by atoms with Crippen LogP contribution in [0.3, 0.4) is 0 Å². The van der Waals surface area contributed by atoms with Gasteiger partial charge >= 0.3 is 7.12 Å². The van der Waals surface area contributed by atoms with Crippen LogP contribution in [0.2, 0.25) is 0 Å². The molecule has 1 aromatic carbocycles. The molecule has 0 unspecified atom stereocenters. The summed E-state index contributed by atoms with van der Waals surface area (Å²) in [6.07, 6.45) is 0.543. The summed E-state index contributed by atoms with van der Waals surface area (Å²) in [5.74, 6) is 0.488. The van der Waals surface area contributed by atoms with Gasteiger partial charge in [0.25, 0.3) is 0 Å². The highest BCUT2D eigenvalue weighted by molar-refractivity contribution is 6.59. The predicted octanol–water partition coefficient (Wildman–Crippen LogP) is 0.897. The summed E-state index contributed by atoms with van der Waals surface area (Å²) in [6.45, 7) is 4.70. The van der Waals surface area contributed by atoms with E-state index in [0.717, 1.165) is 5.46 Å². The Balaban J connectivity index is 2.52. The normalized spacial score (nSPS) is 10.8. The fourth-order valence-corrected chi connectivity index (χ4v) is 1.40. The minimum absolute atomic E-state index is 0.0823. The molecule has 0 spiro atoms. The van der Waals surface area contributed by atoms with Crippen molar-refractivity contribution in [2.45, 2.75) is 26.2 Å². The molecule has 1 aromatic rings. The highest BCUT2D eigenvalue weighted by Gasteiger charge is 2.15. The largest absolute Gasteiger partial charge is 0.491 e. The third-order valence-electron chi connectivity index (χ3n) is 2.47. The van der Waals surface area contributed by atoms with Crippen molar-refractivity contribution in [3.8, 4) is 0 Å². The fourth-order valence-electron chi connectivity index (χ4n) is 1.40. The third kappa shape index (κ3) is 3.97. The lowest BCUT2D eigenvalue weighted by molar-refractivity contribution is 0.216. The van der Waals surface area contributed by atoms with Crippen LogP contribution in [0, 0.1) is 0 Å². The SMILES string of the molecule is CC(C)c1ccc(B(O)OCCCO)cc1. The first-order chi connectivity index (χ1) is 7.65. The van der Waals surface area contributed by atoms with Gasteiger partial charge in [0.2, 0.25) is 0 Å². The quantitative estimate of drug-likeness (QED) is 0.555. The molecule has 3 nitrogen and oxygen atoms in total. The van der Waals surface area contributed by atoms with Gasteiger partial charge in [0.05, 0.1) is 0 Å². The minimum atomic E-state index is -0.896. The zero-order chi connectivity index (χ0) is 12.0. The fraction of sp³-hybridized carbons (Fsp3) is 0.500. The molecule has 1 rings (SSSR count). The molecule has 0 amide bonds. The van der Waals surface area contributed by atoms with Crippen molar-refractivity contribution in [2.75, 3.05) is 13.2 Å². The summed E-state index contributed by atoms with van der Waals surface area (Å²) in [7, 11) is -0.896. The molecule has 0 saturated carbocycles. The van der Waals surface area contributed by atoms with Crippen molar-refractivity contribution >= 4 is 12.6 Å². The van der Waals surface area contributed by atoms with Gasteiger partial charge in [-0.05, 0) is 23.4 Å². The average Bonchev–Trinajstić information content (AvgIpc) is 2.29. The lowest BCUT2D eigenvalue weighted by atomic mass is 9.79. The highest BCUT2D eigenvalue weighted by Crippen LogP contribution is 2.11. The van der Waals surface area contributed by atoms with E-state index in [9.17, 15) is 5.02 Å². The van der Waals surface area contributed by atoms with Gasteiger partial charge in [0.15, 0.2) is 0 Å². The molecule has 0 aliphatic carbocycles. The van der Waals surface area contributed by atoms with Gasteiger partial charge in [-0.2, -0.15) is 0 Å². The second kappa shape index (κ2) is 6.68. The van der Waals surface area contributed by atoms with Gasteiger partial charge < -0.3 is 14.8 Å². The zero-order valence-corrected chi connectivity index (χ0v) is 9.89. The summed E-state index contributed by atoms with van der Waals surface area (Å²) in [5.41, 5.74) is 1.99. The lowest BCUT2D eigenvalue weighted by Crippen LogP contribution is -2.34. The Hall–Kier alpha value is -0.835. The number of hydrogen-bond donors (Lipinski definition) is 2. The molecule has 0 aromatic heterocycles. The van der Waals surface area contributed by atoms with Crippen LogP contribution in [-0.4, -0.2) is 30.5 Å². The second-order valence-corrected chi connectivity index (χ2v) is 4.12. The molecular formula is C12H19BO3. The molecule has 88 valence electrons. The summed E-state index contributed by atoms with van der Waals surface area (Å²) < 4.78 is 5.16. The molecule has 0 radical (unpaired) electrons. The van der Waals surface area contributed by atoms with Crippen molar-refractivity contribution < 1.29 is 14.8 Å². The standard InChI is InChI=1S/C12H19BO3/c1-10(2)11-4-6-12(7-5-11)13(15)16-9-3-8-14/h4-7,10,14-15H,3,8-9H2,1-2H3. The molecule has 0 aliphatic heterocycles. The van der Waals surface area contributed by atoms with Crippen molar-refractivity contribution in [1.82, 2.24) is 0 Å². The van der Waals surface area contributed by atoms with Crippen LogP contribution in [0.5, 0.6) is 0 Å². The van der Waals surface area contributed by atoms with E-state index in [1.807, 2.05) is 24.3 Å². The van der Waals surface area contributed by atoms with Crippen LogP contribution in [0.4, 0.5) is 0 Å². The summed E-state index contributed by atoms with van der Waals surface area (Å²) >= 11 is 0. The van der Waals surface area contributed by atoms with Gasteiger partial charge in [-0.25, -0.2) is 0 Å². The maximum Gasteiger partial charge on any atom is 0.491 e. The van der Waals surface area contributed by atoms with Crippen LogP contribution in [0.15, 0.2) is 24.3 Å². The third-order valence-corrected chi connectivity index (χ3v) is 2.47. The molecule has 0 atom stereocenters. The number of benzene rings is 1. The van der Waals surface area contributed by atoms with Gasteiger partial charge in [-0.15, -0.1) is 0 Å². The topological polar surface area (TPSA) is 49.7 Å². The van der Waals surface area contributed by atoms with E-state index in [0.29, 0.717) is 18.9 Å². The van der Waals surface area contributed by atoms with E-state index in [4.69, 9.17) is 9.76 Å². The average molecular weight is 222 g/mol. The number of aliphatic hydroxyl groups is 1. The number of hydrogen-bond acceptors (Lipinski definition) is 3. The van der Waals surface area contributed by atoms with E-state index in [1.54, 1.807) is 0 Å². The van der Waals surface area contributed by atoms with Gasteiger partial charge in [-0.3, -0.25) is 0 Å². The van der Waals surface area contributed by atoms with E-state index in [1.165, 1.54) is 5.56 Å². The summed E-state index contributed by atoms with van der Waals surface area (Å²) in [5, 5.41) is 18.3. The number of rotatable bonds is 6. The summed E-state index contributed by atoms with van der Waals surface area (Å²) in [6, 6.07) is 7.75. The van der Waals surface area contributed by atoms with Crippen LogP contribution >= 0.6 is 0 Å². The van der Waals surface area contributed by atoms with Crippen LogP contribution in [0.25, 0.3) is 0 Å². The monoisotopic (exact) mass is 222 g/mol. The Morgan fingerprint density at radius 1 is 1.25 bits per heavy atom. The Bertz CT molecular complexity index is 298. The van der Waals surface area contributed by atoms with Crippen LogP contribution in [-0.2, 0) is 4.65 Å². The van der Waals surface area contributed by atoms with E-state index < -0.39 is 7.12 Å². The van der Waals surface area contributed by atoms with E-state index >= 15 is 0 Å². The van der Waals surface area contributed by atoms with Gasteiger partial charge in [-0.1, -0.05) is 38.1 Å². The van der Waals surface area contributed by atoms with Crippen molar-refractivity contribution in [3.05, 3.63) is 29.8 Å². The molecule has 0 aliphatic rings. The molecule has 0 saturated heterocycles. The first-order valence-corrected chi connectivity index (χ1v) is 5.65. The van der Waals surface area contributed by atoms with Crippen LogP contribution in [0.1, 0.15) is 31.7 Å². The smallest absolute Gasteiger partial charge is 0.423 e. The first-order valence-electron chi connectivity index (χ1n) is 5.65. The van der Waals surface area contributed by atoms with E-state index in [-0.39, 0.29) is 6.61 Å². The molecule has 0 bridgehead atoms. The Labute approximate surface area is 97.2 Å². The van der Waals surface area contributed by atoms with Crippen molar-refractivity contribution in [2.24, 2.45) is 0 Å². The van der Waals surface area contributed by atoms with Crippen molar-refractivity contribution in [3.63, 3.8) is 0 Å². The maximum absolute atomic E-state index is 9.67. The molecular weight excluding hydrogens is 203 g/mol.